The summed E-state index contributed by atoms with van der Waals surface area (Å²) in [6.07, 6.45) is 0. The van der Waals surface area contributed by atoms with Gasteiger partial charge in [0.15, 0.2) is 0 Å². The molecule has 1 unspecified atom stereocenters. The third-order valence-electron chi connectivity index (χ3n) is 3.47. The van der Waals surface area contributed by atoms with Crippen molar-refractivity contribution < 1.29 is 0 Å². The van der Waals surface area contributed by atoms with Crippen LogP contribution in [0.15, 0.2) is 34.8 Å². The Bertz CT molecular complexity index is 595. The second-order valence-corrected chi connectivity index (χ2v) is 8.15. The minimum absolute atomic E-state index is 0.217. The number of rotatable bonds is 3. The van der Waals surface area contributed by atoms with Gasteiger partial charge in [0.1, 0.15) is 0 Å². The Hall–Kier alpha value is -0.640. The summed E-state index contributed by atoms with van der Waals surface area (Å²) in [4.78, 5) is 2.80. The number of aryl methyl sites for hydroxylation is 1. The lowest BCUT2D eigenvalue weighted by Crippen LogP contribution is -2.16. The Labute approximate surface area is 134 Å². The molecular formula is C17H22BrNS. The number of hydrogen-bond donors (Lipinski definition) is 1. The molecule has 1 heterocycles. The third-order valence-corrected chi connectivity index (χ3v) is 5.90. The van der Waals surface area contributed by atoms with Gasteiger partial charge in [0.2, 0.25) is 0 Å². The summed E-state index contributed by atoms with van der Waals surface area (Å²) in [6.45, 7) is 8.91. The summed E-state index contributed by atoms with van der Waals surface area (Å²) in [5.41, 5.74) is 2.78. The van der Waals surface area contributed by atoms with Crippen LogP contribution in [0.4, 0.5) is 0 Å². The molecule has 0 saturated carbocycles. The molecule has 0 bridgehead atoms. The van der Waals surface area contributed by atoms with Crippen LogP contribution < -0.4 is 5.32 Å². The molecule has 2 rings (SSSR count). The van der Waals surface area contributed by atoms with Gasteiger partial charge in [-0.2, -0.15) is 0 Å². The van der Waals surface area contributed by atoms with Gasteiger partial charge in [-0.3, -0.25) is 0 Å². The highest BCUT2D eigenvalue weighted by Gasteiger charge is 2.20. The standard InChI is InChI=1S/C17H22BrNS/c1-11-6-7-12(10-13(11)18)16(19-5)14-8-9-15(20-14)17(2,3)4/h6-10,16,19H,1-5H3. The highest BCUT2D eigenvalue weighted by Crippen LogP contribution is 2.35. The van der Waals surface area contributed by atoms with Crippen LogP contribution in [0, 0.1) is 6.92 Å². The Morgan fingerprint density at radius 2 is 1.85 bits per heavy atom. The molecule has 1 nitrogen and oxygen atoms in total. The molecule has 0 fully saturated rings. The minimum atomic E-state index is 0.217. The molecule has 0 spiro atoms. The first-order valence-corrected chi connectivity index (χ1v) is 8.47. The van der Waals surface area contributed by atoms with Crippen molar-refractivity contribution >= 4 is 27.3 Å². The Morgan fingerprint density at radius 1 is 1.15 bits per heavy atom. The lowest BCUT2D eigenvalue weighted by atomic mass is 9.95. The van der Waals surface area contributed by atoms with Crippen LogP contribution in [-0.2, 0) is 5.41 Å². The number of benzene rings is 1. The molecule has 0 aliphatic carbocycles. The quantitative estimate of drug-likeness (QED) is 0.777. The van der Waals surface area contributed by atoms with Crippen LogP contribution in [-0.4, -0.2) is 7.05 Å². The fraction of sp³-hybridized carbons (Fsp3) is 0.412. The van der Waals surface area contributed by atoms with Crippen LogP contribution in [0.1, 0.15) is 47.7 Å². The van der Waals surface area contributed by atoms with Crippen molar-refractivity contribution in [2.75, 3.05) is 7.05 Å². The third kappa shape index (κ3) is 3.33. The second kappa shape index (κ2) is 6.00. The molecule has 2 aromatic rings. The lowest BCUT2D eigenvalue weighted by molar-refractivity contribution is 0.604. The van der Waals surface area contributed by atoms with E-state index in [0.717, 1.165) is 0 Å². The van der Waals surface area contributed by atoms with E-state index in [1.54, 1.807) is 0 Å². The Morgan fingerprint density at radius 3 is 2.35 bits per heavy atom. The molecule has 1 aromatic heterocycles. The van der Waals surface area contributed by atoms with E-state index >= 15 is 0 Å². The van der Waals surface area contributed by atoms with Crippen LogP contribution in [0.2, 0.25) is 0 Å². The van der Waals surface area contributed by atoms with E-state index < -0.39 is 0 Å². The fourth-order valence-corrected chi connectivity index (χ4v) is 3.77. The number of nitrogens with one attached hydrogen (secondary N) is 1. The summed E-state index contributed by atoms with van der Waals surface area (Å²) in [6, 6.07) is 11.4. The normalized spacial score (nSPS) is 13.5. The zero-order valence-corrected chi connectivity index (χ0v) is 15.2. The van der Waals surface area contributed by atoms with E-state index in [4.69, 9.17) is 0 Å². The topological polar surface area (TPSA) is 12.0 Å². The van der Waals surface area contributed by atoms with Gasteiger partial charge in [-0.25, -0.2) is 0 Å². The first-order valence-electron chi connectivity index (χ1n) is 6.86. The van der Waals surface area contributed by atoms with Gasteiger partial charge in [-0.05, 0) is 48.7 Å². The van der Waals surface area contributed by atoms with Crippen LogP contribution in [0.5, 0.6) is 0 Å². The zero-order chi connectivity index (χ0) is 14.9. The summed E-state index contributed by atoms with van der Waals surface area (Å²) in [5.74, 6) is 0. The maximum atomic E-state index is 3.63. The maximum Gasteiger partial charge on any atom is 0.0669 e. The van der Waals surface area contributed by atoms with Crippen molar-refractivity contribution in [3.63, 3.8) is 0 Å². The number of hydrogen-bond acceptors (Lipinski definition) is 2. The van der Waals surface area contributed by atoms with Crippen LogP contribution >= 0.6 is 27.3 Å². The van der Waals surface area contributed by atoms with Gasteiger partial charge in [-0.1, -0.05) is 48.8 Å². The SMILES string of the molecule is CNC(c1ccc(C)c(Br)c1)c1ccc(C(C)(C)C)s1. The van der Waals surface area contributed by atoms with Gasteiger partial charge in [0.05, 0.1) is 6.04 Å². The molecule has 0 saturated heterocycles. The highest BCUT2D eigenvalue weighted by atomic mass is 79.9. The molecule has 0 aliphatic heterocycles. The van der Waals surface area contributed by atoms with Gasteiger partial charge in [-0.15, -0.1) is 11.3 Å². The van der Waals surface area contributed by atoms with Crippen LogP contribution in [0.25, 0.3) is 0 Å². The van der Waals surface area contributed by atoms with Crippen molar-refractivity contribution in [1.29, 1.82) is 0 Å². The van der Waals surface area contributed by atoms with E-state index in [-0.39, 0.29) is 11.5 Å². The lowest BCUT2D eigenvalue weighted by Gasteiger charge is -2.18. The molecule has 0 radical (unpaired) electrons. The monoisotopic (exact) mass is 351 g/mol. The highest BCUT2D eigenvalue weighted by molar-refractivity contribution is 9.10. The van der Waals surface area contributed by atoms with Gasteiger partial charge < -0.3 is 5.32 Å². The molecule has 20 heavy (non-hydrogen) atoms. The predicted molar refractivity (Wildman–Crippen MR) is 92.8 cm³/mol. The van der Waals surface area contributed by atoms with Gasteiger partial charge in [0.25, 0.3) is 0 Å². The van der Waals surface area contributed by atoms with Crippen molar-refractivity contribution in [2.45, 2.75) is 39.2 Å². The summed E-state index contributed by atoms with van der Waals surface area (Å²) in [7, 11) is 2.02. The number of halogens is 1. The van der Waals surface area contributed by atoms with Crippen molar-refractivity contribution in [1.82, 2.24) is 5.32 Å². The first kappa shape index (κ1) is 15.7. The van der Waals surface area contributed by atoms with Crippen molar-refractivity contribution in [2.24, 2.45) is 0 Å². The molecule has 1 aromatic carbocycles. The molecule has 1 N–H and O–H groups in total. The molecule has 3 heteroatoms. The summed E-state index contributed by atoms with van der Waals surface area (Å²) in [5, 5.41) is 3.44. The zero-order valence-electron chi connectivity index (χ0n) is 12.8. The minimum Gasteiger partial charge on any atom is -0.309 e. The first-order chi connectivity index (χ1) is 9.32. The van der Waals surface area contributed by atoms with E-state index in [1.165, 1.54) is 25.4 Å². The molecule has 0 amide bonds. The number of thiophene rings is 1. The maximum absolute atomic E-state index is 3.63. The van der Waals surface area contributed by atoms with Gasteiger partial charge in [0, 0.05) is 14.2 Å². The summed E-state index contributed by atoms with van der Waals surface area (Å²) >= 11 is 5.53. The van der Waals surface area contributed by atoms with E-state index in [2.05, 4.69) is 79.3 Å². The van der Waals surface area contributed by atoms with Gasteiger partial charge >= 0.3 is 0 Å². The van der Waals surface area contributed by atoms with E-state index in [1.807, 2.05) is 18.4 Å². The van der Waals surface area contributed by atoms with Crippen LogP contribution in [0.3, 0.4) is 0 Å². The Kier molecular flexibility index (Phi) is 4.73. The Balaban J connectivity index is 2.37. The summed E-state index contributed by atoms with van der Waals surface area (Å²) < 4.78 is 1.17. The fourth-order valence-electron chi connectivity index (χ4n) is 2.17. The molecule has 1 atom stereocenters. The van der Waals surface area contributed by atoms with Crippen molar-refractivity contribution in [3.05, 3.63) is 55.7 Å². The average molecular weight is 352 g/mol. The molecule has 0 aliphatic rings. The molecular weight excluding hydrogens is 330 g/mol. The molecule has 108 valence electrons. The second-order valence-electron chi connectivity index (χ2n) is 6.18. The smallest absolute Gasteiger partial charge is 0.0669 e. The average Bonchev–Trinajstić information content (AvgIpc) is 2.84. The van der Waals surface area contributed by atoms with E-state index in [0.29, 0.717) is 0 Å². The van der Waals surface area contributed by atoms with E-state index in [9.17, 15) is 0 Å². The largest absolute Gasteiger partial charge is 0.309 e. The van der Waals surface area contributed by atoms with Crippen molar-refractivity contribution in [3.8, 4) is 0 Å². The predicted octanol–water partition coefficient (Wildman–Crippen LogP) is 5.43.